The van der Waals surface area contributed by atoms with E-state index in [1.807, 2.05) is 261 Å². The normalized spacial score (nSPS) is 10.5. The van der Waals surface area contributed by atoms with Crippen LogP contribution < -0.4 is 54.3 Å². The molecule has 8 N–H and O–H groups in total. The first-order chi connectivity index (χ1) is 53.0. The van der Waals surface area contributed by atoms with Crippen LogP contribution in [0.25, 0.3) is 90.1 Å². The topological polar surface area (TPSA) is 269 Å². The van der Waals surface area contributed by atoms with Gasteiger partial charge < -0.3 is 54.3 Å². The molecule has 0 bridgehead atoms. The van der Waals surface area contributed by atoms with Gasteiger partial charge in [-0.1, -0.05) is 127 Å². The van der Waals surface area contributed by atoms with Crippen molar-refractivity contribution in [1.29, 1.82) is 0 Å². The van der Waals surface area contributed by atoms with Crippen molar-refractivity contribution in [3.05, 3.63) is 302 Å². The number of nitrogens with zero attached hydrogens (tertiary/aromatic N) is 5. The van der Waals surface area contributed by atoms with Gasteiger partial charge in [0, 0.05) is 97.9 Å². The van der Waals surface area contributed by atoms with Gasteiger partial charge in [-0.25, -0.2) is 4.98 Å². The number of carbonyl (C=O) groups is 1. The van der Waals surface area contributed by atoms with Gasteiger partial charge in [0.25, 0.3) is 5.91 Å². The molecule has 21 heteroatoms. The van der Waals surface area contributed by atoms with Crippen LogP contribution in [0.15, 0.2) is 285 Å². The lowest BCUT2D eigenvalue weighted by atomic mass is 10.1. The predicted octanol–water partition coefficient (Wildman–Crippen LogP) is 18.5. The summed E-state index contributed by atoms with van der Waals surface area (Å²) in [4.78, 5) is 16.9. The number of anilines is 3. The molecule has 0 saturated carbocycles. The van der Waals surface area contributed by atoms with Crippen LogP contribution in [0.1, 0.15) is 21.5 Å². The molecule has 0 spiro atoms. The molecular formula is C87H80N12O9. The van der Waals surface area contributed by atoms with E-state index in [0.29, 0.717) is 30.2 Å². The van der Waals surface area contributed by atoms with Crippen molar-refractivity contribution in [2.24, 2.45) is 0 Å². The molecule has 0 aliphatic rings. The fraction of sp³-hybridized carbons (Fsp3) is 0.103. The number of benzene rings is 10. The number of hydrogen-bond acceptors (Lipinski definition) is 16. The summed E-state index contributed by atoms with van der Waals surface area (Å²) in [7, 11) is 11.5. The minimum atomic E-state index is -0.164. The van der Waals surface area contributed by atoms with Crippen LogP contribution in [-0.2, 0) is 13.2 Å². The van der Waals surface area contributed by atoms with E-state index in [2.05, 4.69) is 56.4 Å². The molecule has 0 fully saturated rings. The molecule has 5 aromatic heterocycles. The number of methoxy groups -OCH3 is 7. The van der Waals surface area contributed by atoms with Crippen LogP contribution in [0.2, 0.25) is 0 Å². The van der Waals surface area contributed by atoms with Crippen molar-refractivity contribution in [3.63, 3.8) is 0 Å². The van der Waals surface area contributed by atoms with E-state index in [1.54, 1.807) is 74.2 Å². The molecule has 542 valence electrons. The summed E-state index contributed by atoms with van der Waals surface area (Å²) in [6, 6.07) is 89.3. The highest BCUT2D eigenvalue weighted by Crippen LogP contribution is 2.38. The third kappa shape index (κ3) is 18.7. The quantitative estimate of drug-likeness (QED) is 0.0293. The number of amides is 1. The van der Waals surface area contributed by atoms with Gasteiger partial charge in [0.15, 0.2) is 0 Å². The van der Waals surface area contributed by atoms with Gasteiger partial charge in [-0.15, -0.1) is 0 Å². The Kier molecular flexibility index (Phi) is 24.6. The lowest BCUT2D eigenvalue weighted by Crippen LogP contribution is -2.11. The maximum atomic E-state index is 12.4. The molecule has 5 heterocycles. The van der Waals surface area contributed by atoms with E-state index in [4.69, 9.17) is 43.6 Å². The fourth-order valence-electron chi connectivity index (χ4n) is 11.5. The van der Waals surface area contributed by atoms with E-state index in [0.717, 1.165) is 153 Å². The SMILES string of the molecule is COc1cc(NC(=O)c2ccccc2)ccc1-c1cc(-c2ccccc2)n[nH]1.COc1ccc(CNc2ccc(-c3cc(-c4ccccc4OC)[nH]n3)cn2)c(OC)c1.COc1ccc(COc2ccc(-c3cc(-c4ccccc4)n[nH]3)c(OC)c2)cc1.COc1ccccc1-c1cc(-c2ccc(N)cc2)n[nH]1. The maximum absolute atomic E-state index is 12.4. The third-order valence-electron chi connectivity index (χ3n) is 17.3. The monoisotopic (exact) mass is 1440 g/mol. The molecule has 0 radical (unpaired) electrons. The number of rotatable bonds is 23. The fourth-order valence-corrected chi connectivity index (χ4v) is 11.5. The van der Waals surface area contributed by atoms with Gasteiger partial charge in [-0.2, -0.15) is 20.4 Å². The number of aromatic amines is 4. The maximum Gasteiger partial charge on any atom is 0.255 e. The van der Waals surface area contributed by atoms with Gasteiger partial charge in [0.2, 0.25) is 0 Å². The van der Waals surface area contributed by atoms with Crippen LogP contribution in [0.3, 0.4) is 0 Å². The first-order valence-electron chi connectivity index (χ1n) is 34.4. The lowest BCUT2D eigenvalue weighted by Gasteiger charge is -2.11. The Balaban J connectivity index is 0.000000136. The van der Waals surface area contributed by atoms with E-state index in [9.17, 15) is 4.79 Å². The first kappa shape index (κ1) is 73.4. The highest BCUT2D eigenvalue weighted by atomic mass is 16.5. The van der Waals surface area contributed by atoms with E-state index in [1.165, 1.54) is 0 Å². The van der Waals surface area contributed by atoms with Crippen LogP contribution in [0, 0.1) is 0 Å². The Morgan fingerprint density at radius 2 is 0.796 bits per heavy atom. The van der Waals surface area contributed by atoms with Crippen molar-refractivity contribution in [2.75, 3.05) is 66.1 Å². The molecule has 0 atom stereocenters. The van der Waals surface area contributed by atoms with Crippen LogP contribution in [-0.4, -0.2) is 101 Å². The molecule has 1 amide bonds. The summed E-state index contributed by atoms with van der Waals surface area (Å²) in [6.45, 7) is 1.05. The predicted molar refractivity (Wildman–Crippen MR) is 425 cm³/mol. The number of nitrogens with one attached hydrogen (secondary N) is 6. The van der Waals surface area contributed by atoms with Gasteiger partial charge in [0.05, 0.1) is 95.3 Å². The number of ether oxygens (including phenoxy) is 8. The van der Waals surface area contributed by atoms with Crippen molar-refractivity contribution >= 4 is 23.1 Å². The van der Waals surface area contributed by atoms with Crippen molar-refractivity contribution < 1.29 is 42.7 Å². The highest BCUT2D eigenvalue weighted by Gasteiger charge is 2.17. The average Bonchev–Trinajstić information content (AvgIpc) is 1.65. The zero-order valence-electron chi connectivity index (χ0n) is 60.5. The second-order valence-corrected chi connectivity index (χ2v) is 24.1. The molecule has 10 aromatic carbocycles. The number of para-hydroxylation sites is 2. The summed E-state index contributed by atoms with van der Waals surface area (Å²) < 4.78 is 43.7. The molecule has 108 heavy (non-hydrogen) atoms. The number of hydrogen-bond donors (Lipinski definition) is 7. The number of nitrogens with two attached hydrogens (primary N) is 1. The lowest BCUT2D eigenvalue weighted by molar-refractivity contribution is 0.102. The minimum absolute atomic E-state index is 0.164. The van der Waals surface area contributed by atoms with Crippen molar-refractivity contribution in [1.82, 2.24) is 45.8 Å². The molecule has 0 saturated heterocycles. The van der Waals surface area contributed by atoms with Crippen LogP contribution in [0.5, 0.6) is 46.0 Å². The standard InChI is InChI=1S/C24H24N4O3.C24H22N2O3.C23H19N3O2.C16H15N3O/c1-29-18-10-8-17(23(12-18)31-3)15-26-24-11-9-16(14-25-24)20-13-21(28-27-20)19-6-4-5-7-22(19)30-2;1-27-19-10-8-17(9-11-19)16-29-20-12-13-21(24(14-20)28-2)23-15-22(25-26-23)18-6-4-3-5-7-18;1-28-22-14-18(24-23(27)17-10-6-3-7-11-17)12-13-19(22)21-15-20(25-26-21)16-8-4-2-5-9-16;1-20-16-5-3-2-4-13(16)15-10-14(18-19-15)11-6-8-12(17)9-7-11/h4-14H,15H2,1-3H3,(H,25,26)(H,27,28);3-15H,16H2,1-2H3,(H,25,26);2-15H,1H3,(H,24,27)(H,25,26);2-10H,17H2,1H3,(H,18,19). The molecular weight excluding hydrogens is 1360 g/mol. The summed E-state index contributed by atoms with van der Waals surface area (Å²) in [5, 5.41) is 36.1. The Hall–Kier alpha value is -14.3. The van der Waals surface area contributed by atoms with Crippen molar-refractivity contribution in [2.45, 2.75) is 13.2 Å². The van der Waals surface area contributed by atoms with Crippen molar-refractivity contribution in [3.8, 4) is 136 Å². The summed E-state index contributed by atoms with van der Waals surface area (Å²) in [6.07, 6.45) is 1.80. The molecule has 0 aliphatic carbocycles. The number of carbonyl (C=O) groups excluding carboxylic acids is 1. The third-order valence-corrected chi connectivity index (χ3v) is 17.3. The number of aromatic nitrogens is 9. The Bertz CT molecular complexity index is 5360. The largest absolute Gasteiger partial charge is 0.497 e. The molecule has 15 rings (SSSR count). The smallest absolute Gasteiger partial charge is 0.255 e. The molecule has 0 aliphatic heterocycles. The molecule has 0 unspecified atom stereocenters. The Morgan fingerprint density at radius 1 is 0.370 bits per heavy atom. The Labute approximate surface area is 625 Å². The summed E-state index contributed by atoms with van der Waals surface area (Å²) in [5.41, 5.74) is 24.6. The number of pyridine rings is 1. The Morgan fingerprint density at radius 3 is 1.30 bits per heavy atom. The van der Waals surface area contributed by atoms with E-state index >= 15 is 0 Å². The van der Waals surface area contributed by atoms with Gasteiger partial charge in [-0.05, 0) is 139 Å². The van der Waals surface area contributed by atoms with E-state index < -0.39 is 0 Å². The summed E-state index contributed by atoms with van der Waals surface area (Å²) >= 11 is 0. The first-order valence-corrected chi connectivity index (χ1v) is 34.4. The van der Waals surface area contributed by atoms with Gasteiger partial charge in [0.1, 0.15) is 58.4 Å². The highest BCUT2D eigenvalue weighted by molar-refractivity contribution is 6.04. The number of H-pyrrole nitrogens is 4. The van der Waals surface area contributed by atoms with Gasteiger partial charge >= 0.3 is 0 Å². The van der Waals surface area contributed by atoms with Crippen LogP contribution in [0.4, 0.5) is 17.2 Å². The second-order valence-electron chi connectivity index (χ2n) is 24.1. The minimum Gasteiger partial charge on any atom is -0.497 e. The average molecular weight is 1440 g/mol. The van der Waals surface area contributed by atoms with E-state index in [-0.39, 0.29) is 5.91 Å². The van der Waals surface area contributed by atoms with Crippen LogP contribution >= 0.6 is 0 Å². The molecule has 15 aromatic rings. The summed E-state index contributed by atoms with van der Waals surface area (Å²) in [5.74, 6) is 6.68. The zero-order valence-corrected chi connectivity index (χ0v) is 60.5. The van der Waals surface area contributed by atoms with Gasteiger partial charge in [-0.3, -0.25) is 25.2 Å². The number of nitrogen functional groups attached to an aromatic ring is 1. The second kappa shape index (κ2) is 36.2. The molecule has 21 nitrogen and oxygen atoms in total. The zero-order chi connectivity index (χ0) is 75.0.